The molecule has 1 aliphatic heterocycles. The third-order valence-electron chi connectivity index (χ3n) is 3.71. The van der Waals surface area contributed by atoms with E-state index in [0.29, 0.717) is 0 Å². The van der Waals surface area contributed by atoms with Gasteiger partial charge in [-0.05, 0) is 31.4 Å². The summed E-state index contributed by atoms with van der Waals surface area (Å²) in [6.45, 7) is 7.26. The number of nitrogens with one attached hydrogen (secondary N) is 1. The summed E-state index contributed by atoms with van der Waals surface area (Å²) in [5, 5.41) is 2.96. The molecule has 0 spiro atoms. The van der Waals surface area contributed by atoms with Gasteiger partial charge in [0, 0.05) is 25.7 Å². The SMILES string of the molecule is Cc1ccc(CN2CCC(NC(=O)CN)C2)c(C)c1. The van der Waals surface area contributed by atoms with Crippen molar-refractivity contribution < 1.29 is 4.79 Å². The van der Waals surface area contributed by atoms with Crippen LogP contribution in [0.5, 0.6) is 0 Å². The molecule has 1 atom stereocenters. The Morgan fingerprint density at radius 1 is 1.47 bits per heavy atom. The smallest absolute Gasteiger partial charge is 0.233 e. The Morgan fingerprint density at radius 3 is 2.95 bits per heavy atom. The first kappa shape index (κ1) is 14.0. The molecule has 4 nitrogen and oxygen atoms in total. The van der Waals surface area contributed by atoms with Crippen molar-refractivity contribution in [3.05, 3.63) is 34.9 Å². The molecular formula is C15H23N3O. The normalized spacial score (nSPS) is 19.6. The van der Waals surface area contributed by atoms with Gasteiger partial charge in [-0.25, -0.2) is 0 Å². The molecule has 1 amide bonds. The van der Waals surface area contributed by atoms with Gasteiger partial charge in [-0.15, -0.1) is 0 Å². The second kappa shape index (κ2) is 6.17. The van der Waals surface area contributed by atoms with E-state index in [2.05, 4.69) is 42.3 Å². The van der Waals surface area contributed by atoms with E-state index < -0.39 is 0 Å². The molecule has 104 valence electrons. The highest BCUT2D eigenvalue weighted by Crippen LogP contribution is 2.17. The molecular weight excluding hydrogens is 238 g/mol. The van der Waals surface area contributed by atoms with Crippen LogP contribution in [0.2, 0.25) is 0 Å². The third-order valence-corrected chi connectivity index (χ3v) is 3.71. The Balaban J connectivity index is 1.89. The summed E-state index contributed by atoms with van der Waals surface area (Å²) in [6.07, 6.45) is 1.01. The summed E-state index contributed by atoms with van der Waals surface area (Å²) in [5.74, 6) is -0.0571. The first-order valence-corrected chi connectivity index (χ1v) is 6.86. The van der Waals surface area contributed by atoms with E-state index in [4.69, 9.17) is 5.73 Å². The van der Waals surface area contributed by atoms with Crippen LogP contribution in [0, 0.1) is 13.8 Å². The van der Waals surface area contributed by atoms with Crippen LogP contribution in [0.15, 0.2) is 18.2 Å². The van der Waals surface area contributed by atoms with Gasteiger partial charge in [-0.1, -0.05) is 23.8 Å². The number of hydrogen-bond acceptors (Lipinski definition) is 3. The molecule has 1 fully saturated rings. The number of carbonyl (C=O) groups is 1. The Hall–Kier alpha value is -1.39. The summed E-state index contributed by atoms with van der Waals surface area (Å²) >= 11 is 0. The maximum Gasteiger partial charge on any atom is 0.233 e. The third kappa shape index (κ3) is 3.78. The topological polar surface area (TPSA) is 58.4 Å². The summed E-state index contributed by atoms with van der Waals surface area (Å²) in [7, 11) is 0. The van der Waals surface area contributed by atoms with Crippen LogP contribution in [0.1, 0.15) is 23.1 Å². The van der Waals surface area contributed by atoms with Gasteiger partial charge in [0.25, 0.3) is 0 Å². The highest BCUT2D eigenvalue weighted by Gasteiger charge is 2.23. The highest BCUT2D eigenvalue weighted by atomic mass is 16.1. The van der Waals surface area contributed by atoms with Gasteiger partial charge in [-0.2, -0.15) is 0 Å². The second-order valence-electron chi connectivity index (χ2n) is 5.42. The largest absolute Gasteiger partial charge is 0.351 e. The van der Waals surface area contributed by atoms with Crippen LogP contribution in [0.4, 0.5) is 0 Å². The minimum atomic E-state index is -0.0571. The van der Waals surface area contributed by atoms with Gasteiger partial charge >= 0.3 is 0 Å². The van der Waals surface area contributed by atoms with Crippen LogP contribution >= 0.6 is 0 Å². The highest BCUT2D eigenvalue weighted by molar-refractivity contribution is 5.78. The van der Waals surface area contributed by atoms with Crippen molar-refractivity contribution in [1.82, 2.24) is 10.2 Å². The molecule has 1 aromatic rings. The zero-order chi connectivity index (χ0) is 13.8. The van der Waals surface area contributed by atoms with Crippen molar-refractivity contribution in [2.24, 2.45) is 5.73 Å². The molecule has 0 aromatic heterocycles. The maximum absolute atomic E-state index is 11.3. The Morgan fingerprint density at radius 2 is 2.26 bits per heavy atom. The van der Waals surface area contributed by atoms with Gasteiger partial charge in [0.05, 0.1) is 6.54 Å². The molecule has 1 heterocycles. The predicted molar refractivity (Wildman–Crippen MR) is 76.8 cm³/mol. The summed E-state index contributed by atoms with van der Waals surface area (Å²) in [5.41, 5.74) is 9.33. The number of nitrogens with zero attached hydrogens (tertiary/aromatic N) is 1. The van der Waals surface area contributed by atoms with Crippen LogP contribution in [-0.2, 0) is 11.3 Å². The lowest BCUT2D eigenvalue weighted by atomic mass is 10.1. The molecule has 1 unspecified atom stereocenters. The van der Waals surface area contributed by atoms with Crippen molar-refractivity contribution in [3.63, 3.8) is 0 Å². The van der Waals surface area contributed by atoms with Crippen molar-refractivity contribution in [2.75, 3.05) is 19.6 Å². The molecule has 0 saturated carbocycles. The predicted octanol–water partition coefficient (Wildman–Crippen LogP) is 0.953. The van der Waals surface area contributed by atoms with Crippen LogP contribution in [0.25, 0.3) is 0 Å². The van der Waals surface area contributed by atoms with Crippen LogP contribution in [0.3, 0.4) is 0 Å². The van der Waals surface area contributed by atoms with Crippen LogP contribution < -0.4 is 11.1 Å². The fourth-order valence-electron chi connectivity index (χ4n) is 2.64. The molecule has 19 heavy (non-hydrogen) atoms. The minimum Gasteiger partial charge on any atom is -0.351 e. The van der Waals surface area contributed by atoms with E-state index in [-0.39, 0.29) is 18.5 Å². The van der Waals surface area contributed by atoms with E-state index in [0.717, 1.165) is 26.1 Å². The van der Waals surface area contributed by atoms with Gasteiger partial charge in [0.1, 0.15) is 0 Å². The Bertz CT molecular complexity index is 459. The Labute approximate surface area is 115 Å². The van der Waals surface area contributed by atoms with Gasteiger partial charge in [-0.3, -0.25) is 9.69 Å². The van der Waals surface area contributed by atoms with Crippen molar-refractivity contribution in [1.29, 1.82) is 0 Å². The maximum atomic E-state index is 11.3. The van der Waals surface area contributed by atoms with Crippen molar-refractivity contribution >= 4 is 5.91 Å². The molecule has 0 radical (unpaired) electrons. The minimum absolute atomic E-state index is 0.0571. The standard InChI is InChI=1S/C15H23N3O/c1-11-3-4-13(12(2)7-11)9-18-6-5-14(10-18)17-15(19)8-16/h3-4,7,14H,5-6,8-10,16H2,1-2H3,(H,17,19). The van der Waals surface area contributed by atoms with Gasteiger partial charge in [0.15, 0.2) is 0 Å². The molecule has 1 aromatic carbocycles. The number of benzene rings is 1. The fraction of sp³-hybridized carbons (Fsp3) is 0.533. The van der Waals surface area contributed by atoms with E-state index in [1.54, 1.807) is 0 Å². The number of hydrogen-bond donors (Lipinski definition) is 2. The lowest BCUT2D eigenvalue weighted by Crippen LogP contribution is -2.40. The number of amides is 1. The molecule has 2 rings (SSSR count). The fourth-order valence-corrected chi connectivity index (χ4v) is 2.64. The number of likely N-dealkylation sites (tertiary alicyclic amines) is 1. The van der Waals surface area contributed by atoms with Crippen molar-refractivity contribution in [2.45, 2.75) is 32.9 Å². The van der Waals surface area contributed by atoms with Gasteiger partial charge < -0.3 is 11.1 Å². The van der Waals surface area contributed by atoms with Crippen molar-refractivity contribution in [3.8, 4) is 0 Å². The average molecular weight is 261 g/mol. The molecule has 0 aliphatic carbocycles. The van der Waals surface area contributed by atoms with E-state index in [9.17, 15) is 4.79 Å². The number of carbonyl (C=O) groups excluding carboxylic acids is 1. The number of aryl methyl sites for hydroxylation is 2. The second-order valence-corrected chi connectivity index (χ2v) is 5.42. The molecule has 3 N–H and O–H groups in total. The average Bonchev–Trinajstić information content (AvgIpc) is 2.80. The first-order valence-electron chi connectivity index (χ1n) is 6.86. The molecule has 4 heteroatoms. The quantitative estimate of drug-likeness (QED) is 0.848. The lowest BCUT2D eigenvalue weighted by molar-refractivity contribution is -0.120. The lowest BCUT2D eigenvalue weighted by Gasteiger charge is -2.18. The van der Waals surface area contributed by atoms with E-state index in [1.165, 1.54) is 16.7 Å². The molecule has 1 aliphatic rings. The van der Waals surface area contributed by atoms with E-state index >= 15 is 0 Å². The molecule has 0 bridgehead atoms. The summed E-state index contributed by atoms with van der Waals surface area (Å²) in [6, 6.07) is 6.84. The van der Waals surface area contributed by atoms with Gasteiger partial charge in [0.2, 0.25) is 5.91 Å². The van der Waals surface area contributed by atoms with Crippen LogP contribution in [-0.4, -0.2) is 36.5 Å². The van der Waals surface area contributed by atoms with E-state index in [1.807, 2.05) is 0 Å². The Kier molecular flexibility index (Phi) is 4.56. The summed E-state index contributed by atoms with van der Waals surface area (Å²) in [4.78, 5) is 13.7. The first-order chi connectivity index (χ1) is 9.08. The zero-order valence-electron chi connectivity index (χ0n) is 11.8. The number of nitrogens with two attached hydrogens (primary N) is 1. The monoisotopic (exact) mass is 261 g/mol. The number of rotatable bonds is 4. The molecule has 1 saturated heterocycles. The summed E-state index contributed by atoms with van der Waals surface area (Å²) < 4.78 is 0. The zero-order valence-corrected chi connectivity index (χ0v) is 11.8.